The van der Waals surface area contributed by atoms with Crippen molar-refractivity contribution < 1.29 is 9.53 Å². The molecule has 0 unspecified atom stereocenters. The highest BCUT2D eigenvalue weighted by Crippen LogP contribution is 2.42. The molecule has 3 aromatic rings. The van der Waals surface area contributed by atoms with Gasteiger partial charge in [0.25, 0.3) is 5.91 Å². The Hall–Kier alpha value is -2.92. The van der Waals surface area contributed by atoms with Crippen molar-refractivity contribution in [1.82, 2.24) is 15.1 Å². The molecule has 1 amide bonds. The highest BCUT2D eigenvalue weighted by atomic mass is 16.5. The van der Waals surface area contributed by atoms with Crippen LogP contribution in [0.15, 0.2) is 60.7 Å². The van der Waals surface area contributed by atoms with Gasteiger partial charge < -0.3 is 9.64 Å². The first-order chi connectivity index (χ1) is 13.7. The fourth-order valence-corrected chi connectivity index (χ4v) is 3.78. The Morgan fingerprint density at radius 2 is 1.75 bits per heavy atom. The third kappa shape index (κ3) is 3.45. The molecule has 0 radical (unpaired) electrons. The predicted octanol–water partition coefficient (Wildman–Crippen LogP) is 4.44. The zero-order valence-corrected chi connectivity index (χ0v) is 16.3. The Balaban J connectivity index is 1.70. The van der Waals surface area contributed by atoms with E-state index in [1.165, 1.54) is 0 Å². The van der Waals surface area contributed by atoms with E-state index in [4.69, 9.17) is 4.74 Å². The summed E-state index contributed by atoms with van der Waals surface area (Å²) in [6.07, 6.45) is 0.992. The van der Waals surface area contributed by atoms with Crippen LogP contribution in [0.25, 0.3) is 11.3 Å². The second kappa shape index (κ2) is 7.98. The van der Waals surface area contributed by atoms with Crippen LogP contribution < -0.4 is 0 Å². The van der Waals surface area contributed by atoms with Gasteiger partial charge in [0.15, 0.2) is 0 Å². The van der Waals surface area contributed by atoms with Gasteiger partial charge in [0.05, 0.1) is 17.8 Å². The number of aromatic nitrogens is 2. The maximum absolute atomic E-state index is 13.2. The minimum atomic E-state index is -0.142. The third-order valence-electron chi connectivity index (χ3n) is 5.02. The third-order valence-corrected chi connectivity index (χ3v) is 5.02. The molecule has 1 aromatic heterocycles. The van der Waals surface area contributed by atoms with E-state index in [-0.39, 0.29) is 18.1 Å². The first-order valence-electron chi connectivity index (χ1n) is 9.78. The second-order valence-electron chi connectivity index (χ2n) is 7.31. The molecule has 5 heteroatoms. The van der Waals surface area contributed by atoms with Crippen LogP contribution in [-0.4, -0.2) is 40.3 Å². The number of fused-ring (bicyclic) bond motifs is 1. The first kappa shape index (κ1) is 18.4. The maximum atomic E-state index is 13.2. The van der Waals surface area contributed by atoms with Gasteiger partial charge in [-0.3, -0.25) is 9.89 Å². The number of carbonyl (C=O) groups is 1. The van der Waals surface area contributed by atoms with Crippen LogP contribution >= 0.6 is 0 Å². The summed E-state index contributed by atoms with van der Waals surface area (Å²) in [5, 5.41) is 7.49. The molecule has 28 heavy (non-hydrogen) atoms. The summed E-state index contributed by atoms with van der Waals surface area (Å²) in [6.45, 7) is 5.33. The van der Waals surface area contributed by atoms with E-state index in [1.807, 2.05) is 67.3 Å². The SMILES string of the molecule is CC(C)OCCCN1C(=O)c2[nH]nc(-c3ccccc3)c2[C@H]1c1ccccc1. The van der Waals surface area contributed by atoms with E-state index in [9.17, 15) is 4.79 Å². The van der Waals surface area contributed by atoms with Crippen molar-refractivity contribution in [3.05, 3.63) is 77.5 Å². The van der Waals surface area contributed by atoms with Crippen LogP contribution in [0.2, 0.25) is 0 Å². The Kier molecular flexibility index (Phi) is 5.26. The number of hydrogen-bond acceptors (Lipinski definition) is 3. The minimum absolute atomic E-state index is 0.00285. The fraction of sp³-hybridized carbons (Fsp3) is 0.304. The van der Waals surface area contributed by atoms with E-state index in [0.29, 0.717) is 18.8 Å². The van der Waals surface area contributed by atoms with Gasteiger partial charge in [-0.15, -0.1) is 0 Å². The van der Waals surface area contributed by atoms with E-state index in [2.05, 4.69) is 22.3 Å². The quantitative estimate of drug-likeness (QED) is 0.621. The van der Waals surface area contributed by atoms with Gasteiger partial charge in [-0.1, -0.05) is 60.7 Å². The summed E-state index contributed by atoms with van der Waals surface area (Å²) in [6, 6.07) is 20.1. The Labute approximate surface area is 165 Å². The molecule has 4 rings (SSSR count). The molecule has 1 aliphatic rings. The molecule has 2 aromatic carbocycles. The van der Waals surface area contributed by atoms with Crippen LogP contribution in [-0.2, 0) is 4.74 Å². The number of nitrogens with zero attached hydrogens (tertiary/aromatic N) is 2. The number of aromatic amines is 1. The Morgan fingerprint density at radius 3 is 2.43 bits per heavy atom. The lowest BCUT2D eigenvalue weighted by Gasteiger charge is -2.26. The zero-order chi connectivity index (χ0) is 19.5. The molecule has 5 nitrogen and oxygen atoms in total. The van der Waals surface area contributed by atoms with Gasteiger partial charge in [-0.05, 0) is 25.8 Å². The lowest BCUT2D eigenvalue weighted by Crippen LogP contribution is -2.31. The standard InChI is InChI=1S/C23H25N3O2/c1-16(2)28-15-9-14-26-22(18-12-7-4-8-13-18)19-20(17-10-5-3-6-11-17)24-25-21(19)23(26)27/h3-8,10-13,16,22H,9,14-15H2,1-2H3,(H,24,25)/t22-/m1/s1. The molecule has 144 valence electrons. The lowest BCUT2D eigenvalue weighted by atomic mass is 9.96. The van der Waals surface area contributed by atoms with Crippen LogP contribution in [0.1, 0.15) is 47.9 Å². The Morgan fingerprint density at radius 1 is 1.07 bits per heavy atom. The van der Waals surface area contributed by atoms with Crippen molar-refractivity contribution in [2.24, 2.45) is 0 Å². The monoisotopic (exact) mass is 375 g/mol. The van der Waals surface area contributed by atoms with Gasteiger partial charge in [-0.2, -0.15) is 5.10 Å². The number of H-pyrrole nitrogens is 1. The van der Waals surface area contributed by atoms with Crippen LogP contribution in [0, 0.1) is 0 Å². The molecule has 1 N–H and O–H groups in total. The van der Waals surface area contributed by atoms with Gasteiger partial charge in [-0.25, -0.2) is 0 Å². The summed E-state index contributed by atoms with van der Waals surface area (Å²) < 4.78 is 5.67. The average molecular weight is 375 g/mol. The molecule has 0 spiro atoms. The van der Waals surface area contributed by atoms with E-state index in [0.717, 1.165) is 28.8 Å². The maximum Gasteiger partial charge on any atom is 0.273 e. The minimum Gasteiger partial charge on any atom is -0.379 e. The number of amides is 1. The highest BCUT2D eigenvalue weighted by Gasteiger charge is 2.41. The second-order valence-corrected chi connectivity index (χ2v) is 7.31. The van der Waals surface area contributed by atoms with E-state index >= 15 is 0 Å². The topological polar surface area (TPSA) is 58.2 Å². The Bertz CT molecular complexity index is 935. The summed E-state index contributed by atoms with van der Waals surface area (Å²) in [7, 11) is 0. The van der Waals surface area contributed by atoms with Gasteiger partial charge in [0, 0.05) is 24.3 Å². The summed E-state index contributed by atoms with van der Waals surface area (Å²) in [5.41, 5.74) is 4.51. The van der Waals surface area contributed by atoms with Crippen molar-refractivity contribution in [1.29, 1.82) is 0 Å². The van der Waals surface area contributed by atoms with Crippen molar-refractivity contribution in [2.45, 2.75) is 32.4 Å². The smallest absolute Gasteiger partial charge is 0.273 e. The number of carbonyl (C=O) groups excluding carboxylic acids is 1. The number of benzene rings is 2. The zero-order valence-electron chi connectivity index (χ0n) is 16.3. The van der Waals surface area contributed by atoms with E-state index in [1.54, 1.807) is 0 Å². The summed E-state index contributed by atoms with van der Waals surface area (Å²) in [5.74, 6) is 0.00285. The first-order valence-corrected chi connectivity index (χ1v) is 9.78. The summed E-state index contributed by atoms with van der Waals surface area (Å²) >= 11 is 0. The van der Waals surface area contributed by atoms with Gasteiger partial charge in [0.2, 0.25) is 0 Å². The highest BCUT2D eigenvalue weighted by molar-refractivity contribution is 6.00. The van der Waals surface area contributed by atoms with Crippen molar-refractivity contribution in [2.75, 3.05) is 13.2 Å². The number of nitrogens with one attached hydrogen (secondary N) is 1. The molecule has 0 saturated heterocycles. The predicted molar refractivity (Wildman–Crippen MR) is 109 cm³/mol. The molecule has 1 aliphatic heterocycles. The normalized spacial score (nSPS) is 16.0. The molecule has 0 fully saturated rings. The average Bonchev–Trinajstić information content (AvgIpc) is 3.26. The molecule has 1 atom stereocenters. The fourth-order valence-electron chi connectivity index (χ4n) is 3.78. The molecule has 2 heterocycles. The molecular formula is C23H25N3O2. The van der Waals surface area contributed by atoms with Crippen LogP contribution in [0.4, 0.5) is 0 Å². The molecule has 0 aliphatic carbocycles. The van der Waals surface area contributed by atoms with Crippen LogP contribution in [0.3, 0.4) is 0 Å². The van der Waals surface area contributed by atoms with Gasteiger partial charge in [0.1, 0.15) is 5.69 Å². The number of hydrogen-bond donors (Lipinski definition) is 1. The largest absolute Gasteiger partial charge is 0.379 e. The molecular weight excluding hydrogens is 350 g/mol. The van der Waals surface area contributed by atoms with Crippen LogP contribution in [0.5, 0.6) is 0 Å². The van der Waals surface area contributed by atoms with Crippen molar-refractivity contribution in [3.63, 3.8) is 0 Å². The molecule has 0 bridgehead atoms. The van der Waals surface area contributed by atoms with Crippen molar-refractivity contribution in [3.8, 4) is 11.3 Å². The van der Waals surface area contributed by atoms with E-state index < -0.39 is 0 Å². The number of ether oxygens (including phenoxy) is 1. The van der Waals surface area contributed by atoms with Gasteiger partial charge >= 0.3 is 0 Å². The summed E-state index contributed by atoms with van der Waals surface area (Å²) in [4.78, 5) is 15.1. The molecule has 0 saturated carbocycles. The van der Waals surface area contributed by atoms with Crippen molar-refractivity contribution >= 4 is 5.91 Å². The number of rotatable bonds is 7. The lowest BCUT2D eigenvalue weighted by molar-refractivity contribution is 0.0601.